The number of rotatable bonds is 10. The summed E-state index contributed by atoms with van der Waals surface area (Å²) in [6.45, 7) is 6.93. The van der Waals surface area contributed by atoms with Crippen LogP contribution in [0.2, 0.25) is 0 Å². The molecule has 7 nitrogen and oxygen atoms in total. The number of nitrogens with zero attached hydrogens (tertiary/aromatic N) is 1. The third-order valence-electron chi connectivity index (χ3n) is 4.47. The normalized spacial score (nSPS) is 11.3. The lowest BCUT2D eigenvalue weighted by Crippen LogP contribution is -2.30. The van der Waals surface area contributed by atoms with Crippen molar-refractivity contribution < 1.29 is 17.9 Å². The molecule has 158 valence electrons. The highest BCUT2D eigenvalue weighted by Crippen LogP contribution is 2.27. The van der Waals surface area contributed by atoms with E-state index in [1.807, 2.05) is 25.1 Å². The summed E-state index contributed by atoms with van der Waals surface area (Å²) in [5, 5.41) is 6.00. The molecule has 0 aromatic heterocycles. The lowest BCUT2D eigenvalue weighted by molar-refractivity contribution is -0.115. The number of carbonyl (C=O) groups excluding carboxylic acids is 1. The second-order valence-corrected chi connectivity index (χ2v) is 8.34. The zero-order chi connectivity index (χ0) is 21.4. The van der Waals surface area contributed by atoms with Crippen molar-refractivity contribution in [1.82, 2.24) is 4.31 Å². The lowest BCUT2D eigenvalue weighted by atomic mass is 10.1. The van der Waals surface area contributed by atoms with Gasteiger partial charge in [-0.15, -0.1) is 0 Å². The first-order valence-corrected chi connectivity index (χ1v) is 11.1. The fourth-order valence-electron chi connectivity index (χ4n) is 3.01. The highest BCUT2D eigenvalue weighted by Gasteiger charge is 2.23. The zero-order valence-corrected chi connectivity index (χ0v) is 18.2. The summed E-state index contributed by atoms with van der Waals surface area (Å²) in [5.41, 5.74) is 1.91. The molecule has 0 aliphatic heterocycles. The lowest BCUT2D eigenvalue weighted by Gasteiger charge is -2.20. The van der Waals surface area contributed by atoms with Crippen molar-refractivity contribution in [1.29, 1.82) is 0 Å². The smallest absolute Gasteiger partial charge is 0.243 e. The van der Waals surface area contributed by atoms with Crippen LogP contribution in [-0.2, 0) is 21.2 Å². The average molecular weight is 420 g/mol. The number of hydrogen-bond acceptors (Lipinski definition) is 5. The van der Waals surface area contributed by atoms with Gasteiger partial charge >= 0.3 is 0 Å². The van der Waals surface area contributed by atoms with Crippen LogP contribution in [0.1, 0.15) is 26.3 Å². The predicted molar refractivity (Wildman–Crippen MR) is 116 cm³/mol. The summed E-state index contributed by atoms with van der Waals surface area (Å²) in [6, 6.07) is 12.0. The molecule has 0 fully saturated rings. The van der Waals surface area contributed by atoms with Gasteiger partial charge in [-0.3, -0.25) is 4.79 Å². The van der Waals surface area contributed by atoms with Gasteiger partial charge in [0.1, 0.15) is 5.75 Å². The molecular formula is C21H29N3O4S. The predicted octanol–water partition coefficient (Wildman–Crippen LogP) is 3.34. The Balaban J connectivity index is 2.30. The maximum atomic E-state index is 12.8. The monoisotopic (exact) mass is 419 g/mol. The van der Waals surface area contributed by atoms with Gasteiger partial charge in [-0.05, 0) is 42.8 Å². The van der Waals surface area contributed by atoms with Crippen molar-refractivity contribution >= 4 is 27.3 Å². The standard InChI is InChI=1S/C21H29N3O4S/c1-5-22-19-12-11-18(29(26,27)24(6-2)7-3)15-20(19)23-21(25)14-16-9-8-10-17(13-16)28-4/h8-13,15,22H,5-7,14H2,1-4H3,(H,23,25). The third kappa shape index (κ3) is 5.71. The Hall–Kier alpha value is -2.58. The molecule has 0 spiro atoms. The van der Waals surface area contributed by atoms with Crippen molar-refractivity contribution in [2.75, 3.05) is 37.4 Å². The minimum Gasteiger partial charge on any atom is -0.497 e. The van der Waals surface area contributed by atoms with E-state index >= 15 is 0 Å². The first-order valence-electron chi connectivity index (χ1n) is 9.66. The molecule has 2 aromatic carbocycles. The Morgan fingerprint density at radius 3 is 2.38 bits per heavy atom. The number of benzene rings is 2. The molecule has 0 unspecified atom stereocenters. The summed E-state index contributed by atoms with van der Waals surface area (Å²) in [7, 11) is -2.05. The van der Waals surface area contributed by atoms with Gasteiger partial charge in [0, 0.05) is 19.6 Å². The second-order valence-electron chi connectivity index (χ2n) is 6.40. The van der Waals surface area contributed by atoms with Gasteiger partial charge in [0.05, 0.1) is 29.8 Å². The Labute approximate surface area is 173 Å². The van der Waals surface area contributed by atoms with E-state index in [1.165, 1.54) is 10.4 Å². The number of ether oxygens (including phenoxy) is 1. The maximum Gasteiger partial charge on any atom is 0.243 e. The fourth-order valence-corrected chi connectivity index (χ4v) is 4.49. The summed E-state index contributed by atoms with van der Waals surface area (Å²) in [6.07, 6.45) is 0.149. The van der Waals surface area contributed by atoms with E-state index < -0.39 is 10.0 Å². The maximum absolute atomic E-state index is 12.8. The first-order chi connectivity index (χ1) is 13.8. The van der Waals surface area contributed by atoms with Crippen molar-refractivity contribution in [3.8, 4) is 5.75 Å². The van der Waals surface area contributed by atoms with Crippen molar-refractivity contribution in [3.63, 3.8) is 0 Å². The molecule has 2 N–H and O–H groups in total. The van der Waals surface area contributed by atoms with Gasteiger partial charge in [-0.25, -0.2) is 8.42 Å². The number of amides is 1. The van der Waals surface area contributed by atoms with E-state index in [0.717, 1.165) is 5.56 Å². The molecule has 29 heavy (non-hydrogen) atoms. The Morgan fingerprint density at radius 1 is 1.03 bits per heavy atom. The van der Waals surface area contributed by atoms with Crippen molar-refractivity contribution in [3.05, 3.63) is 48.0 Å². The molecule has 0 heterocycles. The van der Waals surface area contributed by atoms with E-state index in [-0.39, 0.29) is 17.2 Å². The van der Waals surface area contributed by atoms with Crippen LogP contribution in [0.5, 0.6) is 5.75 Å². The van der Waals surface area contributed by atoms with Crippen LogP contribution in [-0.4, -0.2) is 45.4 Å². The average Bonchev–Trinajstić information content (AvgIpc) is 2.70. The summed E-state index contributed by atoms with van der Waals surface area (Å²) >= 11 is 0. The number of nitrogens with one attached hydrogen (secondary N) is 2. The first kappa shape index (κ1) is 22.7. The van der Waals surface area contributed by atoms with Gasteiger partial charge in [-0.1, -0.05) is 26.0 Å². The number of methoxy groups -OCH3 is 1. The van der Waals surface area contributed by atoms with Gasteiger partial charge in [-0.2, -0.15) is 4.31 Å². The highest BCUT2D eigenvalue weighted by molar-refractivity contribution is 7.89. The summed E-state index contributed by atoms with van der Waals surface area (Å²) < 4.78 is 32.3. The summed E-state index contributed by atoms with van der Waals surface area (Å²) in [5.74, 6) is 0.436. The van der Waals surface area contributed by atoms with Crippen LogP contribution in [0, 0.1) is 0 Å². The molecule has 1 amide bonds. The molecule has 0 aliphatic carbocycles. The van der Waals surface area contributed by atoms with Crippen molar-refractivity contribution in [2.45, 2.75) is 32.1 Å². The van der Waals surface area contributed by atoms with E-state index in [0.29, 0.717) is 36.8 Å². The Morgan fingerprint density at radius 2 is 1.76 bits per heavy atom. The van der Waals surface area contributed by atoms with E-state index in [2.05, 4.69) is 10.6 Å². The van der Waals surface area contributed by atoms with Gasteiger partial charge in [0.2, 0.25) is 15.9 Å². The molecule has 2 rings (SSSR count). The molecule has 0 radical (unpaired) electrons. The van der Waals surface area contributed by atoms with Crippen LogP contribution in [0.4, 0.5) is 11.4 Å². The van der Waals surface area contributed by atoms with Gasteiger partial charge in [0.15, 0.2) is 0 Å². The number of anilines is 2. The SMILES string of the molecule is CCNc1ccc(S(=O)(=O)N(CC)CC)cc1NC(=O)Cc1cccc(OC)c1. The fraction of sp³-hybridized carbons (Fsp3) is 0.381. The molecule has 0 saturated carbocycles. The quantitative estimate of drug-likeness (QED) is 0.617. The number of sulfonamides is 1. The topological polar surface area (TPSA) is 87.7 Å². The molecule has 8 heteroatoms. The van der Waals surface area contributed by atoms with Gasteiger partial charge in [0.25, 0.3) is 0 Å². The third-order valence-corrected chi connectivity index (χ3v) is 6.52. The molecule has 0 atom stereocenters. The van der Waals surface area contributed by atoms with E-state index in [4.69, 9.17) is 4.74 Å². The van der Waals surface area contributed by atoms with E-state index in [1.54, 1.807) is 39.2 Å². The summed E-state index contributed by atoms with van der Waals surface area (Å²) in [4.78, 5) is 12.8. The van der Waals surface area contributed by atoms with Gasteiger partial charge < -0.3 is 15.4 Å². The minimum atomic E-state index is -3.62. The second kappa shape index (κ2) is 10.3. The van der Waals surface area contributed by atoms with Crippen LogP contribution in [0.25, 0.3) is 0 Å². The van der Waals surface area contributed by atoms with Crippen LogP contribution >= 0.6 is 0 Å². The number of carbonyl (C=O) groups is 1. The molecule has 0 bridgehead atoms. The molecule has 0 aliphatic rings. The minimum absolute atomic E-state index is 0.149. The van der Waals surface area contributed by atoms with E-state index in [9.17, 15) is 13.2 Å². The molecule has 2 aromatic rings. The van der Waals surface area contributed by atoms with Crippen LogP contribution < -0.4 is 15.4 Å². The van der Waals surface area contributed by atoms with Crippen LogP contribution in [0.3, 0.4) is 0 Å². The van der Waals surface area contributed by atoms with Crippen LogP contribution in [0.15, 0.2) is 47.4 Å². The Bertz CT molecular complexity index is 941. The zero-order valence-electron chi connectivity index (χ0n) is 17.4. The molecule has 0 saturated heterocycles. The largest absolute Gasteiger partial charge is 0.497 e. The highest BCUT2D eigenvalue weighted by atomic mass is 32.2. The van der Waals surface area contributed by atoms with Crippen molar-refractivity contribution in [2.24, 2.45) is 0 Å². The Kier molecular flexibility index (Phi) is 8.04. The number of hydrogen-bond donors (Lipinski definition) is 2. The molecular weight excluding hydrogens is 390 g/mol.